The minimum absolute atomic E-state index is 0.0584. The zero-order chi connectivity index (χ0) is 23.8. The van der Waals surface area contributed by atoms with E-state index in [2.05, 4.69) is 36.3 Å². The lowest BCUT2D eigenvalue weighted by molar-refractivity contribution is -0.126. The molecule has 1 fully saturated rings. The second kappa shape index (κ2) is 12.5. The highest BCUT2D eigenvalue weighted by atomic mass is 79.9. The summed E-state index contributed by atoms with van der Waals surface area (Å²) >= 11 is 5.26. The van der Waals surface area contributed by atoms with Crippen molar-refractivity contribution < 1.29 is 13.7 Å². The average Bonchev–Trinajstić information content (AvgIpc) is 3.31. The summed E-state index contributed by atoms with van der Waals surface area (Å²) in [5.41, 5.74) is 2.03. The Balaban J connectivity index is 1.11. The van der Waals surface area contributed by atoms with E-state index < -0.39 is 0 Å². The molecule has 1 amide bonds. The summed E-state index contributed by atoms with van der Waals surface area (Å²) in [7, 11) is 0. The lowest BCUT2D eigenvalue weighted by Gasteiger charge is -2.30. The molecule has 180 valence electrons. The topological polar surface area (TPSA) is 71.3 Å². The van der Waals surface area contributed by atoms with Gasteiger partial charge in [-0.2, -0.15) is 16.7 Å². The molecule has 2 heterocycles. The second-order valence-corrected chi connectivity index (χ2v) is 10.4. The van der Waals surface area contributed by atoms with Gasteiger partial charge in [-0.25, -0.2) is 4.39 Å². The van der Waals surface area contributed by atoms with Gasteiger partial charge in [0.25, 0.3) is 0 Å². The van der Waals surface area contributed by atoms with Gasteiger partial charge in [0, 0.05) is 28.3 Å². The van der Waals surface area contributed by atoms with Crippen LogP contribution in [0, 0.1) is 11.7 Å². The number of rotatable bonds is 10. The summed E-state index contributed by atoms with van der Waals surface area (Å²) in [6.07, 6.45) is 2.59. The zero-order valence-corrected chi connectivity index (χ0v) is 21.3. The highest BCUT2D eigenvalue weighted by Crippen LogP contribution is 2.22. The molecular weight excluding hydrogens is 519 g/mol. The fourth-order valence-corrected chi connectivity index (χ4v) is 5.23. The molecule has 1 aliphatic heterocycles. The Morgan fingerprint density at radius 2 is 2.00 bits per heavy atom. The Morgan fingerprint density at radius 3 is 2.76 bits per heavy atom. The van der Waals surface area contributed by atoms with Crippen LogP contribution in [-0.2, 0) is 17.1 Å². The maximum atomic E-state index is 12.9. The number of hydrogen-bond acceptors (Lipinski definition) is 6. The van der Waals surface area contributed by atoms with Gasteiger partial charge >= 0.3 is 0 Å². The maximum absolute atomic E-state index is 12.9. The van der Waals surface area contributed by atoms with Crippen LogP contribution in [-0.4, -0.2) is 46.3 Å². The molecule has 6 nitrogen and oxygen atoms in total. The van der Waals surface area contributed by atoms with Crippen molar-refractivity contribution in [3.8, 4) is 11.4 Å². The highest BCUT2D eigenvalue weighted by molar-refractivity contribution is 9.10. The van der Waals surface area contributed by atoms with E-state index in [1.165, 1.54) is 12.1 Å². The third-order valence-corrected chi connectivity index (χ3v) is 7.42. The van der Waals surface area contributed by atoms with E-state index in [9.17, 15) is 9.18 Å². The molecule has 0 saturated carbocycles. The van der Waals surface area contributed by atoms with Gasteiger partial charge in [-0.15, -0.1) is 0 Å². The summed E-state index contributed by atoms with van der Waals surface area (Å²) in [6.45, 7) is 2.96. The van der Waals surface area contributed by atoms with E-state index in [0.29, 0.717) is 24.8 Å². The van der Waals surface area contributed by atoms with Gasteiger partial charge < -0.3 is 9.84 Å². The highest BCUT2D eigenvalue weighted by Gasteiger charge is 2.25. The number of nitrogens with zero attached hydrogens (tertiary/aromatic N) is 3. The fourth-order valence-electron chi connectivity index (χ4n) is 3.91. The van der Waals surface area contributed by atoms with Crippen LogP contribution in [0.2, 0.25) is 0 Å². The van der Waals surface area contributed by atoms with Crippen molar-refractivity contribution in [3.63, 3.8) is 0 Å². The van der Waals surface area contributed by atoms with Gasteiger partial charge in [0.05, 0.1) is 6.54 Å². The van der Waals surface area contributed by atoms with Crippen molar-refractivity contribution >= 4 is 33.6 Å². The van der Waals surface area contributed by atoms with Gasteiger partial charge in [0.1, 0.15) is 5.82 Å². The minimum atomic E-state index is -0.206. The molecule has 0 radical (unpaired) electrons. The van der Waals surface area contributed by atoms with Crippen LogP contribution in [0.1, 0.15) is 30.7 Å². The molecule has 0 spiro atoms. The summed E-state index contributed by atoms with van der Waals surface area (Å²) in [5.74, 6) is 3.00. The largest absolute Gasteiger partial charge is 0.356 e. The predicted octanol–water partition coefficient (Wildman–Crippen LogP) is 5.29. The van der Waals surface area contributed by atoms with Gasteiger partial charge in [0.15, 0.2) is 0 Å². The van der Waals surface area contributed by atoms with E-state index in [1.807, 2.05) is 36.4 Å². The molecule has 4 rings (SSSR count). The number of halogens is 2. The second-order valence-electron chi connectivity index (χ2n) is 8.40. The van der Waals surface area contributed by atoms with Gasteiger partial charge in [0.2, 0.25) is 17.6 Å². The number of thioether (sulfide) groups is 1. The summed E-state index contributed by atoms with van der Waals surface area (Å²) < 4.78 is 19.3. The molecule has 2 aromatic carbocycles. The molecule has 0 bridgehead atoms. The van der Waals surface area contributed by atoms with E-state index in [-0.39, 0.29) is 17.6 Å². The van der Waals surface area contributed by atoms with Crippen molar-refractivity contribution in [1.82, 2.24) is 20.4 Å². The lowest BCUT2D eigenvalue weighted by atomic mass is 9.96. The van der Waals surface area contributed by atoms with Crippen molar-refractivity contribution in [1.29, 1.82) is 0 Å². The number of likely N-dealkylation sites (tertiary alicyclic amines) is 1. The fraction of sp³-hybridized carbons (Fsp3) is 0.400. The average molecular weight is 547 g/mol. The third kappa shape index (κ3) is 7.38. The maximum Gasteiger partial charge on any atom is 0.241 e. The first-order valence-electron chi connectivity index (χ1n) is 11.5. The molecule has 1 saturated heterocycles. The third-order valence-electron chi connectivity index (χ3n) is 5.81. The smallest absolute Gasteiger partial charge is 0.241 e. The van der Waals surface area contributed by atoms with E-state index in [4.69, 9.17) is 4.52 Å². The lowest BCUT2D eigenvalue weighted by Crippen LogP contribution is -2.40. The summed E-state index contributed by atoms with van der Waals surface area (Å²) in [4.78, 5) is 19.3. The number of nitrogens with one attached hydrogen (secondary N) is 1. The zero-order valence-electron chi connectivity index (χ0n) is 18.9. The van der Waals surface area contributed by atoms with Crippen LogP contribution in [0.15, 0.2) is 57.5 Å². The number of piperidine rings is 1. The molecule has 1 aliphatic rings. The molecule has 0 unspecified atom stereocenters. The monoisotopic (exact) mass is 546 g/mol. The van der Waals surface area contributed by atoms with Crippen LogP contribution in [0.25, 0.3) is 11.4 Å². The molecule has 0 atom stereocenters. The Bertz CT molecular complexity index is 1070. The Hall–Kier alpha value is -2.23. The van der Waals surface area contributed by atoms with Gasteiger partial charge in [-0.05, 0) is 67.9 Å². The molecule has 9 heteroatoms. The SMILES string of the molecule is O=C(NCCCSCc1ccc(F)cc1)C1CCN(Cc2nc(-c3cccc(Br)c3)no2)CC1. The first kappa shape index (κ1) is 24.9. The normalized spacial score (nSPS) is 14.9. The Morgan fingerprint density at radius 1 is 1.21 bits per heavy atom. The molecule has 3 aromatic rings. The number of amides is 1. The first-order valence-corrected chi connectivity index (χ1v) is 13.4. The van der Waals surface area contributed by atoms with Crippen molar-refractivity contribution in [2.75, 3.05) is 25.4 Å². The summed E-state index contributed by atoms with van der Waals surface area (Å²) in [5, 5.41) is 7.18. The van der Waals surface area contributed by atoms with Crippen LogP contribution in [0.5, 0.6) is 0 Å². The van der Waals surface area contributed by atoms with Crippen molar-refractivity contribution in [3.05, 3.63) is 70.3 Å². The van der Waals surface area contributed by atoms with Crippen LogP contribution in [0.3, 0.4) is 0 Å². The molecule has 1 aromatic heterocycles. The Kier molecular flexibility index (Phi) is 9.12. The van der Waals surface area contributed by atoms with Crippen molar-refractivity contribution in [2.45, 2.75) is 31.6 Å². The van der Waals surface area contributed by atoms with E-state index in [0.717, 1.165) is 59.5 Å². The van der Waals surface area contributed by atoms with Gasteiger partial charge in [-0.1, -0.05) is 45.4 Å². The number of carbonyl (C=O) groups is 1. The van der Waals surface area contributed by atoms with E-state index in [1.54, 1.807) is 11.8 Å². The number of hydrogen-bond donors (Lipinski definition) is 1. The number of benzene rings is 2. The number of carbonyl (C=O) groups excluding carboxylic acids is 1. The summed E-state index contributed by atoms with van der Waals surface area (Å²) in [6, 6.07) is 14.4. The quantitative estimate of drug-likeness (QED) is 0.348. The standard InChI is InChI=1S/C25H28BrFN4O2S/c26-21-4-1-3-20(15-21)24-29-23(33-30-24)16-31-12-9-19(10-13-31)25(32)28-11-2-14-34-17-18-5-7-22(27)8-6-18/h1,3-8,15,19H,2,9-14,16-17H2,(H,28,32). The minimum Gasteiger partial charge on any atom is -0.356 e. The van der Waals surface area contributed by atoms with Crippen LogP contribution < -0.4 is 5.32 Å². The van der Waals surface area contributed by atoms with Crippen LogP contribution >= 0.6 is 27.7 Å². The first-order chi connectivity index (χ1) is 16.6. The molecule has 1 N–H and O–H groups in total. The molecule has 0 aliphatic carbocycles. The van der Waals surface area contributed by atoms with Gasteiger partial charge in [-0.3, -0.25) is 9.69 Å². The predicted molar refractivity (Wildman–Crippen MR) is 136 cm³/mol. The Labute approximate surface area is 211 Å². The molecule has 34 heavy (non-hydrogen) atoms. The van der Waals surface area contributed by atoms with E-state index >= 15 is 0 Å². The van der Waals surface area contributed by atoms with Crippen LogP contribution in [0.4, 0.5) is 4.39 Å². The number of aromatic nitrogens is 2. The van der Waals surface area contributed by atoms with Crippen molar-refractivity contribution in [2.24, 2.45) is 5.92 Å². The molecular formula is C25H28BrFN4O2S.